The van der Waals surface area contributed by atoms with Gasteiger partial charge >= 0.3 is 5.97 Å². The summed E-state index contributed by atoms with van der Waals surface area (Å²) in [6, 6.07) is 0. The number of ether oxygens (including phenoxy) is 1. The van der Waals surface area contributed by atoms with E-state index in [9.17, 15) is 4.79 Å². The Bertz CT molecular complexity index is 566. The third-order valence-corrected chi connectivity index (χ3v) is 8.89. The summed E-state index contributed by atoms with van der Waals surface area (Å²) in [6.45, 7) is 7.09. The van der Waals surface area contributed by atoms with Crippen molar-refractivity contribution in [3.05, 3.63) is 12.2 Å². The Labute approximate surface area is 127 Å². The normalized spacial score (nSPS) is 62.1. The number of hydrogen-bond donors (Lipinski definition) is 0. The highest BCUT2D eigenvalue weighted by Crippen LogP contribution is 2.85. The van der Waals surface area contributed by atoms with Gasteiger partial charge in [0.25, 0.3) is 0 Å². The molecule has 0 heterocycles. The molecule has 0 aliphatic heterocycles. The fourth-order valence-corrected chi connectivity index (χ4v) is 7.53. The molecule has 0 radical (unpaired) electrons. The van der Waals surface area contributed by atoms with E-state index >= 15 is 0 Å². The highest BCUT2D eigenvalue weighted by molar-refractivity contribution is 5.75. The number of rotatable bonds is 2. The lowest BCUT2D eigenvalue weighted by Gasteiger charge is -2.65. The van der Waals surface area contributed by atoms with Crippen LogP contribution in [0, 0.1) is 40.4 Å². The Morgan fingerprint density at radius 1 is 1.14 bits per heavy atom. The van der Waals surface area contributed by atoms with Crippen LogP contribution < -0.4 is 0 Å². The van der Waals surface area contributed by atoms with Crippen molar-refractivity contribution < 1.29 is 9.53 Å². The zero-order valence-electron chi connectivity index (χ0n) is 13.4. The summed E-state index contributed by atoms with van der Waals surface area (Å²) >= 11 is 0. The molecule has 5 saturated carbocycles. The van der Waals surface area contributed by atoms with Gasteiger partial charge < -0.3 is 4.74 Å². The third-order valence-electron chi connectivity index (χ3n) is 8.89. The molecule has 6 aliphatic carbocycles. The molecule has 0 N–H and O–H groups in total. The third kappa shape index (κ3) is 1.12. The molecule has 21 heavy (non-hydrogen) atoms. The maximum Gasteiger partial charge on any atom is 0.310 e. The van der Waals surface area contributed by atoms with Gasteiger partial charge in [-0.15, -0.1) is 0 Å². The minimum absolute atomic E-state index is 0.107. The van der Waals surface area contributed by atoms with Crippen LogP contribution in [0.4, 0.5) is 0 Å². The first-order valence-corrected chi connectivity index (χ1v) is 8.81. The molecule has 5 fully saturated rings. The number of hydrogen-bond acceptors (Lipinski definition) is 2. The Morgan fingerprint density at radius 2 is 1.95 bits per heavy atom. The van der Waals surface area contributed by atoms with E-state index in [1.165, 1.54) is 25.7 Å². The van der Waals surface area contributed by atoms with Crippen molar-refractivity contribution in [2.24, 2.45) is 40.4 Å². The smallest absolute Gasteiger partial charge is 0.310 e. The lowest BCUT2D eigenvalue weighted by Crippen LogP contribution is -2.69. The van der Waals surface area contributed by atoms with Crippen molar-refractivity contribution in [1.82, 2.24) is 0 Å². The molecule has 0 spiro atoms. The molecule has 0 aromatic heterocycles. The van der Waals surface area contributed by atoms with Crippen LogP contribution in [-0.4, -0.2) is 11.6 Å². The first-order chi connectivity index (χ1) is 9.90. The maximum atomic E-state index is 12.8. The molecular weight excluding hydrogens is 260 g/mol. The van der Waals surface area contributed by atoms with Gasteiger partial charge in [0.05, 0.1) is 5.92 Å². The van der Waals surface area contributed by atoms with E-state index in [4.69, 9.17) is 4.74 Å². The van der Waals surface area contributed by atoms with Crippen molar-refractivity contribution in [2.75, 3.05) is 0 Å². The summed E-state index contributed by atoms with van der Waals surface area (Å²) in [5.41, 5.74) is 0.473. The highest BCUT2D eigenvalue weighted by Gasteiger charge is 2.85. The second kappa shape index (κ2) is 3.41. The van der Waals surface area contributed by atoms with Crippen LogP contribution in [0.25, 0.3) is 0 Å². The number of allylic oxidation sites excluding steroid dienone is 2. The molecule has 6 aliphatic rings. The Balaban J connectivity index is 1.40. The van der Waals surface area contributed by atoms with Crippen LogP contribution in [0.1, 0.15) is 52.9 Å². The number of esters is 1. The summed E-state index contributed by atoms with van der Waals surface area (Å²) in [5.74, 6) is 2.74. The summed E-state index contributed by atoms with van der Waals surface area (Å²) in [5, 5.41) is 0. The second-order valence-corrected chi connectivity index (χ2v) is 9.06. The Hall–Kier alpha value is -0.790. The summed E-state index contributed by atoms with van der Waals surface area (Å²) < 4.78 is 6.27. The molecule has 0 aromatic carbocycles. The van der Waals surface area contributed by atoms with Gasteiger partial charge in [0.1, 0.15) is 5.60 Å². The number of carbonyl (C=O) groups is 1. The largest absolute Gasteiger partial charge is 0.458 e. The predicted molar refractivity (Wildman–Crippen MR) is 80.4 cm³/mol. The molecule has 6 rings (SSSR count). The number of carbonyl (C=O) groups excluding carboxylic acids is 1. The fourth-order valence-electron chi connectivity index (χ4n) is 7.53. The van der Waals surface area contributed by atoms with Gasteiger partial charge in [0.2, 0.25) is 0 Å². The van der Waals surface area contributed by atoms with E-state index < -0.39 is 0 Å². The van der Waals surface area contributed by atoms with Gasteiger partial charge in [-0.3, -0.25) is 4.79 Å². The molecular formula is C19H26O2. The molecule has 114 valence electrons. The van der Waals surface area contributed by atoms with Gasteiger partial charge in [-0.05, 0) is 62.2 Å². The van der Waals surface area contributed by atoms with Crippen molar-refractivity contribution in [2.45, 2.75) is 58.5 Å². The fraction of sp³-hybridized carbons (Fsp3) is 0.842. The minimum atomic E-state index is -0.189. The highest BCUT2D eigenvalue weighted by atomic mass is 16.6. The molecule has 8 unspecified atom stereocenters. The van der Waals surface area contributed by atoms with E-state index in [1.807, 2.05) is 0 Å². The summed E-state index contributed by atoms with van der Waals surface area (Å²) in [6.07, 6.45) is 10.7. The summed E-state index contributed by atoms with van der Waals surface area (Å²) in [7, 11) is 0. The van der Waals surface area contributed by atoms with Crippen molar-refractivity contribution in [3.63, 3.8) is 0 Å². The Morgan fingerprint density at radius 3 is 2.48 bits per heavy atom. The van der Waals surface area contributed by atoms with Gasteiger partial charge in [0.15, 0.2) is 0 Å². The molecule has 0 aromatic rings. The van der Waals surface area contributed by atoms with Crippen LogP contribution in [0.2, 0.25) is 0 Å². The zero-order chi connectivity index (χ0) is 14.6. The van der Waals surface area contributed by atoms with Gasteiger partial charge in [-0.2, -0.15) is 0 Å². The maximum absolute atomic E-state index is 12.8. The molecule has 2 heteroatoms. The monoisotopic (exact) mass is 286 g/mol. The van der Waals surface area contributed by atoms with Gasteiger partial charge in [0, 0.05) is 11.3 Å². The van der Waals surface area contributed by atoms with E-state index in [2.05, 4.69) is 32.9 Å². The van der Waals surface area contributed by atoms with Gasteiger partial charge in [-0.1, -0.05) is 26.0 Å². The quantitative estimate of drug-likeness (QED) is 0.567. The lowest BCUT2D eigenvalue weighted by molar-refractivity contribution is -0.265. The molecule has 2 nitrogen and oxygen atoms in total. The van der Waals surface area contributed by atoms with Crippen molar-refractivity contribution in [1.29, 1.82) is 0 Å². The SMILES string of the molecule is CC12CCC3CC1C(C)(OC(=O)C1CC4C=CC1C4)C32C. The first kappa shape index (κ1) is 12.7. The van der Waals surface area contributed by atoms with E-state index in [0.29, 0.717) is 23.2 Å². The standard InChI is InChI=1S/C19H26O2/c1-17-7-6-13-10-15(17)19(3,18(13,17)2)21-16(20)14-9-11-4-5-12(14)8-11/h4-5,11-15H,6-10H2,1-3H3. The van der Waals surface area contributed by atoms with Crippen LogP contribution in [0.3, 0.4) is 0 Å². The molecule has 0 amide bonds. The number of fused-ring (bicyclic) bond motifs is 2. The van der Waals surface area contributed by atoms with Crippen LogP contribution in [0.5, 0.6) is 0 Å². The minimum Gasteiger partial charge on any atom is -0.458 e. The predicted octanol–water partition coefficient (Wildman–Crippen LogP) is 3.96. The van der Waals surface area contributed by atoms with Crippen LogP contribution >= 0.6 is 0 Å². The van der Waals surface area contributed by atoms with E-state index in [0.717, 1.165) is 12.3 Å². The van der Waals surface area contributed by atoms with Crippen LogP contribution in [0.15, 0.2) is 12.2 Å². The molecule has 6 bridgehead atoms. The second-order valence-electron chi connectivity index (χ2n) is 9.06. The zero-order valence-corrected chi connectivity index (χ0v) is 13.4. The topological polar surface area (TPSA) is 26.3 Å². The van der Waals surface area contributed by atoms with E-state index in [1.54, 1.807) is 0 Å². The average Bonchev–Trinajstić information content (AvgIpc) is 3.20. The van der Waals surface area contributed by atoms with Crippen molar-refractivity contribution >= 4 is 5.97 Å². The molecule has 8 atom stereocenters. The lowest BCUT2D eigenvalue weighted by atomic mass is 9.43. The van der Waals surface area contributed by atoms with Crippen LogP contribution in [-0.2, 0) is 9.53 Å². The average molecular weight is 286 g/mol. The van der Waals surface area contributed by atoms with E-state index in [-0.39, 0.29) is 22.9 Å². The Kier molecular flexibility index (Phi) is 2.07. The van der Waals surface area contributed by atoms with Gasteiger partial charge in [-0.25, -0.2) is 0 Å². The first-order valence-electron chi connectivity index (χ1n) is 8.81. The van der Waals surface area contributed by atoms with Crippen molar-refractivity contribution in [3.8, 4) is 0 Å². The summed E-state index contributed by atoms with van der Waals surface area (Å²) in [4.78, 5) is 12.8. The molecule has 0 saturated heterocycles.